The Hall–Kier alpha value is -3.64. The van der Waals surface area contributed by atoms with Gasteiger partial charge in [-0.15, -0.1) is 0 Å². The molecule has 0 aromatic heterocycles. The number of hydrogen-bond donors (Lipinski definition) is 0. The van der Waals surface area contributed by atoms with Gasteiger partial charge in [0, 0.05) is 0 Å². The highest BCUT2D eigenvalue weighted by Gasteiger charge is 2.14. The molecule has 154 valence electrons. The monoisotopic (exact) mass is 410 g/mol. The largest absolute Gasteiger partial charge is 0.0838 e. The van der Waals surface area contributed by atoms with Crippen molar-refractivity contribution in [3.8, 4) is 0 Å². The Morgan fingerprint density at radius 1 is 0.500 bits per heavy atom. The minimum Gasteiger partial charge on any atom is -0.0838 e. The molecule has 0 amide bonds. The van der Waals surface area contributed by atoms with E-state index in [1.54, 1.807) is 11.1 Å². The number of benzene rings is 5. The van der Waals surface area contributed by atoms with Gasteiger partial charge in [0.15, 0.2) is 0 Å². The summed E-state index contributed by atoms with van der Waals surface area (Å²) in [6.07, 6.45) is 13.7. The molecule has 7 rings (SSSR count). The van der Waals surface area contributed by atoms with Gasteiger partial charge in [0.2, 0.25) is 0 Å². The van der Waals surface area contributed by atoms with Crippen molar-refractivity contribution in [3.05, 3.63) is 125 Å². The molecule has 0 heteroatoms. The highest BCUT2D eigenvalue weighted by molar-refractivity contribution is 5.98. The molecule has 5 aromatic rings. The van der Waals surface area contributed by atoms with Crippen molar-refractivity contribution in [2.24, 2.45) is 0 Å². The summed E-state index contributed by atoms with van der Waals surface area (Å²) in [5.74, 6) is 0. The first-order valence-corrected chi connectivity index (χ1v) is 11.6. The molecule has 0 bridgehead atoms. The van der Waals surface area contributed by atoms with Crippen LogP contribution < -0.4 is 0 Å². The number of rotatable bonds is 0. The molecule has 0 saturated heterocycles. The molecule has 2 aliphatic carbocycles. The zero-order valence-electron chi connectivity index (χ0n) is 18.2. The zero-order chi connectivity index (χ0) is 21.3. The van der Waals surface area contributed by atoms with Crippen LogP contribution in [0.1, 0.15) is 28.7 Å². The van der Waals surface area contributed by atoms with Crippen molar-refractivity contribution in [1.82, 2.24) is 0 Å². The maximum atomic E-state index is 2.34. The van der Waals surface area contributed by atoms with Gasteiger partial charge in [-0.1, -0.05) is 97.1 Å². The Bertz CT molecular complexity index is 1410. The Kier molecular flexibility index (Phi) is 4.85. The Morgan fingerprint density at radius 2 is 1.09 bits per heavy atom. The van der Waals surface area contributed by atoms with Gasteiger partial charge >= 0.3 is 0 Å². The second-order valence-corrected chi connectivity index (χ2v) is 8.80. The third-order valence-corrected chi connectivity index (χ3v) is 6.86. The molecule has 0 heterocycles. The summed E-state index contributed by atoms with van der Waals surface area (Å²) in [6, 6.07) is 30.7. The smallest absolute Gasteiger partial charge is 0.00883 e. The standard InChI is InChI=1S/C18H16.C14H10/c1-3-7-15-13(5-1)9-11-18-16-8-4-2-6-14(16)10-12-17(15)18;1-2-6-12-10-14-8-4-3-7-13(14)9-11(12)5-1/h1-3,6,9-12H,4-5,7-8H2;1-10H. The highest BCUT2D eigenvalue weighted by atomic mass is 14.2. The van der Waals surface area contributed by atoms with Crippen LogP contribution in [0.5, 0.6) is 0 Å². The maximum absolute atomic E-state index is 2.34. The van der Waals surface area contributed by atoms with E-state index in [-0.39, 0.29) is 0 Å². The molecule has 0 radical (unpaired) electrons. The van der Waals surface area contributed by atoms with E-state index in [2.05, 4.69) is 109 Å². The van der Waals surface area contributed by atoms with Crippen LogP contribution in [0.25, 0.3) is 38.4 Å². The van der Waals surface area contributed by atoms with E-state index in [0.29, 0.717) is 0 Å². The molecule has 0 fully saturated rings. The van der Waals surface area contributed by atoms with Gasteiger partial charge in [-0.2, -0.15) is 0 Å². The molecule has 32 heavy (non-hydrogen) atoms. The topological polar surface area (TPSA) is 0 Å². The van der Waals surface area contributed by atoms with Crippen LogP contribution in [0.2, 0.25) is 0 Å². The number of aryl methyl sites for hydroxylation is 1. The van der Waals surface area contributed by atoms with Gasteiger partial charge in [-0.05, 0) is 92.4 Å². The zero-order valence-corrected chi connectivity index (χ0v) is 18.2. The SMILES string of the molecule is C1=Cc2ccc3c4c(ccc3c2CC1)CC=CC4.c1ccc2cc3ccccc3cc2c1. The van der Waals surface area contributed by atoms with Gasteiger partial charge in [0.25, 0.3) is 0 Å². The Balaban J connectivity index is 0.000000126. The Labute approximate surface area is 189 Å². The lowest BCUT2D eigenvalue weighted by Gasteiger charge is -2.19. The second-order valence-electron chi connectivity index (χ2n) is 8.80. The second kappa shape index (κ2) is 8.13. The summed E-state index contributed by atoms with van der Waals surface area (Å²) >= 11 is 0. The molecular weight excluding hydrogens is 384 g/mol. The summed E-state index contributed by atoms with van der Waals surface area (Å²) in [6.45, 7) is 0. The molecule has 0 N–H and O–H groups in total. The third kappa shape index (κ3) is 3.42. The van der Waals surface area contributed by atoms with Crippen LogP contribution >= 0.6 is 0 Å². The van der Waals surface area contributed by atoms with Crippen molar-refractivity contribution in [1.29, 1.82) is 0 Å². The fraction of sp³-hybridized carbons (Fsp3) is 0.125. The van der Waals surface area contributed by atoms with Gasteiger partial charge in [-0.25, -0.2) is 0 Å². The fourth-order valence-corrected chi connectivity index (χ4v) is 5.19. The average molecular weight is 411 g/mol. The molecule has 0 aliphatic heterocycles. The first-order valence-electron chi connectivity index (χ1n) is 11.6. The first-order chi connectivity index (χ1) is 15.9. The van der Waals surface area contributed by atoms with Crippen molar-refractivity contribution in [2.45, 2.75) is 25.7 Å². The Morgan fingerprint density at radius 3 is 1.78 bits per heavy atom. The molecule has 0 atom stereocenters. The lowest BCUT2D eigenvalue weighted by molar-refractivity contribution is 0.996. The third-order valence-electron chi connectivity index (χ3n) is 6.86. The fourth-order valence-electron chi connectivity index (χ4n) is 5.19. The van der Waals surface area contributed by atoms with Gasteiger partial charge in [0.1, 0.15) is 0 Å². The number of allylic oxidation sites excluding steroid dienone is 3. The number of hydrogen-bond acceptors (Lipinski definition) is 0. The summed E-state index contributed by atoms with van der Waals surface area (Å²) in [7, 11) is 0. The number of fused-ring (bicyclic) bond motifs is 7. The normalized spacial score (nSPS) is 14.1. The van der Waals surface area contributed by atoms with E-state index < -0.39 is 0 Å². The first kappa shape index (κ1) is 19.1. The molecule has 0 unspecified atom stereocenters. The lowest BCUT2D eigenvalue weighted by Crippen LogP contribution is -2.01. The van der Waals surface area contributed by atoms with Crippen LogP contribution in [0.4, 0.5) is 0 Å². The minimum atomic E-state index is 1.10. The molecule has 5 aromatic carbocycles. The minimum absolute atomic E-state index is 1.10. The van der Waals surface area contributed by atoms with Gasteiger partial charge in [-0.3, -0.25) is 0 Å². The van der Waals surface area contributed by atoms with E-state index in [0.717, 1.165) is 12.8 Å². The summed E-state index contributed by atoms with van der Waals surface area (Å²) < 4.78 is 0. The molecule has 2 aliphatic rings. The van der Waals surface area contributed by atoms with Crippen molar-refractivity contribution in [2.75, 3.05) is 0 Å². The maximum Gasteiger partial charge on any atom is -0.00883 e. The molecule has 0 nitrogen and oxygen atoms in total. The summed E-state index contributed by atoms with van der Waals surface area (Å²) in [5, 5.41) is 8.20. The van der Waals surface area contributed by atoms with E-state index >= 15 is 0 Å². The van der Waals surface area contributed by atoms with Crippen molar-refractivity contribution >= 4 is 38.4 Å². The van der Waals surface area contributed by atoms with Gasteiger partial charge < -0.3 is 0 Å². The lowest BCUT2D eigenvalue weighted by atomic mass is 9.86. The quantitative estimate of drug-likeness (QED) is 0.177. The van der Waals surface area contributed by atoms with Crippen molar-refractivity contribution < 1.29 is 0 Å². The summed E-state index contributed by atoms with van der Waals surface area (Å²) in [5.41, 5.74) is 6.02. The molecule has 0 saturated carbocycles. The van der Waals surface area contributed by atoms with Crippen LogP contribution in [0, 0.1) is 0 Å². The van der Waals surface area contributed by atoms with E-state index in [4.69, 9.17) is 0 Å². The average Bonchev–Trinajstić information content (AvgIpc) is 2.87. The van der Waals surface area contributed by atoms with Crippen LogP contribution in [0.15, 0.2) is 103 Å². The van der Waals surface area contributed by atoms with Crippen LogP contribution in [-0.4, -0.2) is 0 Å². The summed E-state index contributed by atoms with van der Waals surface area (Å²) in [4.78, 5) is 0. The predicted octanol–water partition coefficient (Wildman–Crippen LogP) is 8.45. The van der Waals surface area contributed by atoms with Crippen LogP contribution in [0.3, 0.4) is 0 Å². The van der Waals surface area contributed by atoms with Crippen LogP contribution in [-0.2, 0) is 19.3 Å². The van der Waals surface area contributed by atoms with Crippen molar-refractivity contribution in [3.63, 3.8) is 0 Å². The predicted molar refractivity (Wildman–Crippen MR) is 139 cm³/mol. The highest BCUT2D eigenvalue weighted by Crippen LogP contribution is 2.33. The van der Waals surface area contributed by atoms with Gasteiger partial charge in [0.05, 0.1) is 0 Å². The van der Waals surface area contributed by atoms with E-state index in [9.17, 15) is 0 Å². The molecule has 0 spiro atoms. The van der Waals surface area contributed by atoms with E-state index in [1.807, 2.05) is 0 Å². The molecular formula is C32H26. The van der Waals surface area contributed by atoms with E-state index in [1.165, 1.54) is 56.3 Å².